The second-order valence-electron chi connectivity index (χ2n) is 4.21. The van der Waals surface area contributed by atoms with Gasteiger partial charge in [-0.1, -0.05) is 12.1 Å². The molecule has 1 aliphatic rings. The molecule has 1 heterocycles. The van der Waals surface area contributed by atoms with Crippen LogP contribution in [0.25, 0.3) is 10.4 Å². The molecule has 1 fully saturated rings. The molecule has 0 radical (unpaired) electrons. The lowest BCUT2D eigenvalue weighted by atomic mass is 10.2. The van der Waals surface area contributed by atoms with E-state index in [0.717, 1.165) is 12.0 Å². The van der Waals surface area contributed by atoms with E-state index < -0.39 is 0 Å². The van der Waals surface area contributed by atoms with Crippen molar-refractivity contribution in [3.05, 3.63) is 47.1 Å². The SMILES string of the molecule is NC1CC1c1ccc(-c2ccc(F)cc2)s1. The third kappa shape index (κ3) is 1.77. The van der Waals surface area contributed by atoms with E-state index in [9.17, 15) is 4.39 Å². The van der Waals surface area contributed by atoms with Crippen LogP contribution in [-0.2, 0) is 0 Å². The van der Waals surface area contributed by atoms with Crippen molar-refractivity contribution in [2.75, 3.05) is 0 Å². The molecular weight excluding hydrogens is 221 g/mol. The smallest absolute Gasteiger partial charge is 0.123 e. The summed E-state index contributed by atoms with van der Waals surface area (Å²) in [5, 5.41) is 0. The molecule has 1 saturated carbocycles. The predicted octanol–water partition coefficient (Wildman–Crippen LogP) is 3.37. The Labute approximate surface area is 97.7 Å². The summed E-state index contributed by atoms with van der Waals surface area (Å²) in [7, 11) is 0. The lowest BCUT2D eigenvalue weighted by molar-refractivity contribution is 0.628. The lowest BCUT2D eigenvalue weighted by Gasteiger charge is -1.96. The Balaban J connectivity index is 1.89. The first-order valence-electron chi connectivity index (χ1n) is 5.35. The fourth-order valence-electron chi connectivity index (χ4n) is 1.86. The van der Waals surface area contributed by atoms with Gasteiger partial charge in [0.25, 0.3) is 0 Å². The zero-order chi connectivity index (χ0) is 11.1. The summed E-state index contributed by atoms with van der Waals surface area (Å²) in [5.41, 5.74) is 6.90. The van der Waals surface area contributed by atoms with Gasteiger partial charge in [0, 0.05) is 21.7 Å². The molecule has 0 spiro atoms. The van der Waals surface area contributed by atoms with Crippen molar-refractivity contribution in [2.24, 2.45) is 5.73 Å². The molecular formula is C13H12FNS. The molecule has 2 atom stereocenters. The van der Waals surface area contributed by atoms with Gasteiger partial charge in [0.2, 0.25) is 0 Å². The van der Waals surface area contributed by atoms with Crippen LogP contribution in [0.1, 0.15) is 17.2 Å². The zero-order valence-corrected chi connectivity index (χ0v) is 9.51. The molecule has 0 bridgehead atoms. The number of hydrogen-bond donors (Lipinski definition) is 1. The molecule has 0 aliphatic heterocycles. The average Bonchev–Trinajstić information content (AvgIpc) is 2.82. The van der Waals surface area contributed by atoms with E-state index in [-0.39, 0.29) is 5.82 Å². The van der Waals surface area contributed by atoms with Crippen LogP contribution in [0.3, 0.4) is 0 Å². The van der Waals surface area contributed by atoms with Gasteiger partial charge in [-0.15, -0.1) is 11.3 Å². The van der Waals surface area contributed by atoms with Gasteiger partial charge in [-0.3, -0.25) is 0 Å². The Hall–Kier alpha value is -1.19. The quantitative estimate of drug-likeness (QED) is 0.845. The van der Waals surface area contributed by atoms with Gasteiger partial charge in [0.05, 0.1) is 0 Å². The summed E-state index contributed by atoms with van der Waals surface area (Å²) in [5.74, 6) is 0.365. The van der Waals surface area contributed by atoms with Crippen LogP contribution in [0.2, 0.25) is 0 Å². The van der Waals surface area contributed by atoms with E-state index in [0.29, 0.717) is 12.0 Å². The number of benzene rings is 1. The van der Waals surface area contributed by atoms with Crippen LogP contribution in [0.4, 0.5) is 4.39 Å². The van der Waals surface area contributed by atoms with E-state index in [4.69, 9.17) is 5.73 Å². The third-order valence-corrected chi connectivity index (χ3v) is 4.23. The topological polar surface area (TPSA) is 26.0 Å². The largest absolute Gasteiger partial charge is 0.327 e. The summed E-state index contributed by atoms with van der Waals surface area (Å²) in [6.45, 7) is 0. The molecule has 16 heavy (non-hydrogen) atoms. The van der Waals surface area contributed by atoms with Crippen LogP contribution in [0, 0.1) is 5.82 Å². The number of nitrogens with two attached hydrogens (primary N) is 1. The summed E-state index contributed by atoms with van der Waals surface area (Å²) in [6, 6.07) is 11.2. The van der Waals surface area contributed by atoms with Gasteiger partial charge in [0.1, 0.15) is 5.82 Å². The fourth-order valence-corrected chi connectivity index (χ4v) is 3.07. The van der Waals surface area contributed by atoms with Crippen LogP contribution in [0.5, 0.6) is 0 Å². The van der Waals surface area contributed by atoms with Gasteiger partial charge < -0.3 is 5.73 Å². The van der Waals surface area contributed by atoms with Crippen molar-refractivity contribution < 1.29 is 4.39 Å². The molecule has 82 valence electrons. The highest BCUT2D eigenvalue weighted by atomic mass is 32.1. The van der Waals surface area contributed by atoms with Crippen molar-refractivity contribution in [2.45, 2.75) is 18.4 Å². The second-order valence-corrected chi connectivity index (χ2v) is 5.33. The first kappa shape index (κ1) is 10.00. The summed E-state index contributed by atoms with van der Waals surface area (Å²) >= 11 is 1.76. The zero-order valence-electron chi connectivity index (χ0n) is 8.69. The van der Waals surface area contributed by atoms with Crippen LogP contribution in [-0.4, -0.2) is 6.04 Å². The van der Waals surface area contributed by atoms with Crippen LogP contribution >= 0.6 is 11.3 Å². The molecule has 1 aromatic heterocycles. The van der Waals surface area contributed by atoms with Crippen molar-refractivity contribution >= 4 is 11.3 Å². The first-order valence-corrected chi connectivity index (χ1v) is 6.17. The Morgan fingerprint density at radius 2 is 1.81 bits per heavy atom. The highest BCUT2D eigenvalue weighted by molar-refractivity contribution is 7.15. The molecule has 3 heteroatoms. The van der Waals surface area contributed by atoms with E-state index in [2.05, 4.69) is 12.1 Å². The van der Waals surface area contributed by atoms with Gasteiger partial charge in [-0.25, -0.2) is 4.39 Å². The summed E-state index contributed by atoms with van der Waals surface area (Å²) in [6.07, 6.45) is 1.10. The number of hydrogen-bond acceptors (Lipinski definition) is 2. The number of halogens is 1. The van der Waals surface area contributed by atoms with Crippen LogP contribution < -0.4 is 5.73 Å². The Morgan fingerprint density at radius 1 is 1.12 bits per heavy atom. The maximum absolute atomic E-state index is 12.8. The minimum atomic E-state index is -0.190. The third-order valence-electron chi connectivity index (χ3n) is 2.96. The van der Waals surface area contributed by atoms with E-state index in [1.165, 1.54) is 21.9 Å². The maximum atomic E-state index is 12.8. The maximum Gasteiger partial charge on any atom is 0.123 e. The van der Waals surface area contributed by atoms with Gasteiger partial charge >= 0.3 is 0 Å². The molecule has 2 unspecified atom stereocenters. The molecule has 2 N–H and O–H groups in total. The van der Waals surface area contributed by atoms with Gasteiger partial charge in [-0.05, 0) is 36.2 Å². The standard InChI is InChI=1S/C13H12FNS/c14-9-3-1-8(2-4-9)12-5-6-13(16-12)10-7-11(10)15/h1-6,10-11H,7,15H2. The first-order chi connectivity index (χ1) is 7.74. The normalized spacial score (nSPS) is 23.4. The molecule has 3 rings (SSSR count). The lowest BCUT2D eigenvalue weighted by Crippen LogP contribution is -1.99. The summed E-state index contributed by atoms with van der Waals surface area (Å²) < 4.78 is 12.8. The molecule has 1 aliphatic carbocycles. The second kappa shape index (κ2) is 3.68. The molecule has 1 nitrogen and oxygen atoms in total. The predicted molar refractivity (Wildman–Crippen MR) is 65.0 cm³/mol. The van der Waals surface area contributed by atoms with E-state index >= 15 is 0 Å². The Kier molecular flexibility index (Phi) is 2.30. The average molecular weight is 233 g/mol. The van der Waals surface area contributed by atoms with E-state index in [1.54, 1.807) is 11.3 Å². The molecule has 1 aromatic carbocycles. The van der Waals surface area contributed by atoms with Gasteiger partial charge in [0.15, 0.2) is 0 Å². The number of thiophene rings is 1. The van der Waals surface area contributed by atoms with Crippen LogP contribution in [0.15, 0.2) is 36.4 Å². The Morgan fingerprint density at radius 3 is 2.44 bits per heavy atom. The Bertz CT molecular complexity index is 503. The molecule has 2 aromatic rings. The number of rotatable bonds is 2. The fraction of sp³-hybridized carbons (Fsp3) is 0.231. The molecule has 0 amide bonds. The minimum Gasteiger partial charge on any atom is -0.327 e. The van der Waals surface area contributed by atoms with Crippen molar-refractivity contribution in [3.63, 3.8) is 0 Å². The minimum absolute atomic E-state index is 0.190. The summed E-state index contributed by atoms with van der Waals surface area (Å²) in [4.78, 5) is 2.54. The van der Waals surface area contributed by atoms with E-state index in [1.807, 2.05) is 12.1 Å². The highest BCUT2D eigenvalue weighted by Gasteiger charge is 2.35. The van der Waals surface area contributed by atoms with Crippen molar-refractivity contribution in [3.8, 4) is 10.4 Å². The van der Waals surface area contributed by atoms with Gasteiger partial charge in [-0.2, -0.15) is 0 Å². The molecule has 0 saturated heterocycles. The highest BCUT2D eigenvalue weighted by Crippen LogP contribution is 2.44. The van der Waals surface area contributed by atoms with Crippen molar-refractivity contribution in [1.82, 2.24) is 0 Å². The van der Waals surface area contributed by atoms with Crippen molar-refractivity contribution in [1.29, 1.82) is 0 Å². The monoisotopic (exact) mass is 233 g/mol.